The summed E-state index contributed by atoms with van der Waals surface area (Å²) in [5.74, 6) is -0.783. The van der Waals surface area contributed by atoms with E-state index < -0.39 is 27.1 Å². The number of rotatable bonds is 8. The van der Waals surface area contributed by atoms with Crippen LogP contribution in [0.1, 0.15) is 46.5 Å². The fraction of sp³-hybridized carbons (Fsp3) is 0.800. The van der Waals surface area contributed by atoms with Gasteiger partial charge in [0, 0.05) is 19.4 Å². The highest BCUT2D eigenvalue weighted by molar-refractivity contribution is 6.41. The summed E-state index contributed by atoms with van der Waals surface area (Å²) in [5.41, 5.74) is 0. The van der Waals surface area contributed by atoms with Crippen LogP contribution in [0.4, 0.5) is 0 Å². The van der Waals surface area contributed by atoms with Crippen LogP contribution in [0.3, 0.4) is 0 Å². The first-order valence-electron chi connectivity index (χ1n) is 5.64. The van der Waals surface area contributed by atoms with E-state index in [1.807, 2.05) is 6.92 Å². The molecule has 92 valence electrons. The van der Waals surface area contributed by atoms with Crippen molar-refractivity contribution in [2.45, 2.75) is 46.5 Å². The Kier molecular flexibility index (Phi) is 9.30. The summed E-state index contributed by atoms with van der Waals surface area (Å²) < 4.78 is 15.2. The highest BCUT2D eigenvalue weighted by atomic mass is 27.3. The van der Waals surface area contributed by atoms with E-state index in [9.17, 15) is 9.59 Å². The molecule has 6 heteroatoms. The van der Waals surface area contributed by atoms with Gasteiger partial charge in [-0.3, -0.25) is 9.59 Å². The molecule has 0 spiro atoms. The molecule has 0 aliphatic carbocycles. The highest BCUT2D eigenvalue weighted by Gasteiger charge is 2.42. The van der Waals surface area contributed by atoms with E-state index in [4.69, 9.17) is 11.4 Å². The van der Waals surface area contributed by atoms with Gasteiger partial charge in [0.15, 0.2) is 0 Å². The Labute approximate surface area is 101 Å². The zero-order valence-corrected chi connectivity index (χ0v) is 11.3. The van der Waals surface area contributed by atoms with E-state index >= 15 is 0 Å². The number of hydrogen-bond acceptors (Lipinski definition) is 5. The number of unbranched alkanes of at least 4 members (excludes halogenated alkanes) is 1. The van der Waals surface area contributed by atoms with Gasteiger partial charge >= 0.3 is 15.1 Å². The summed E-state index contributed by atoms with van der Waals surface area (Å²) >= 11 is -2.62. The van der Waals surface area contributed by atoms with Crippen molar-refractivity contribution in [3.63, 3.8) is 0 Å². The first-order chi connectivity index (χ1) is 7.63. The monoisotopic (exact) mass is 246 g/mol. The summed E-state index contributed by atoms with van der Waals surface area (Å²) in [4.78, 5) is 22.1. The maximum Gasteiger partial charge on any atom is 1.10 e. The predicted molar refractivity (Wildman–Crippen MR) is 59.4 cm³/mol. The van der Waals surface area contributed by atoms with Crippen LogP contribution < -0.4 is 0 Å². The normalized spacial score (nSPS) is 9.69. The number of carbonyl (C=O) groups excluding carboxylic acids is 2. The second-order valence-electron chi connectivity index (χ2n) is 3.20. The van der Waals surface area contributed by atoms with Crippen molar-refractivity contribution < 1.29 is 21.0 Å². The van der Waals surface area contributed by atoms with E-state index in [1.165, 1.54) is 0 Å². The number of hydrogen-bond donors (Lipinski definition) is 0. The lowest BCUT2D eigenvalue weighted by atomic mass is 10.4. The van der Waals surface area contributed by atoms with Gasteiger partial charge in [-0.1, -0.05) is 27.2 Å². The van der Waals surface area contributed by atoms with Crippen molar-refractivity contribution in [1.82, 2.24) is 0 Å². The van der Waals surface area contributed by atoms with Crippen molar-refractivity contribution in [1.29, 1.82) is 0 Å². The van der Waals surface area contributed by atoms with Crippen LogP contribution in [0, 0.1) is 0 Å². The molecule has 0 fully saturated rings. The van der Waals surface area contributed by atoms with Crippen LogP contribution >= 0.6 is 0 Å². The standard InChI is InChI=1S/C4H9O.2C3H6O2.Al/c1-2-3-4-5;2*1-2-3(4)5;/h2-4H2,1H3;2*2H2,1H3,(H,4,5);/q-1;;;+3/p-2. The van der Waals surface area contributed by atoms with Crippen molar-refractivity contribution in [3.8, 4) is 0 Å². The molecule has 0 aromatic heterocycles. The quantitative estimate of drug-likeness (QED) is 0.482. The summed E-state index contributed by atoms with van der Waals surface area (Å²) in [6, 6.07) is 0. The van der Waals surface area contributed by atoms with E-state index in [1.54, 1.807) is 13.8 Å². The molecule has 0 aliphatic rings. The third kappa shape index (κ3) is 7.69. The number of carbonyl (C=O) groups is 2. The molecule has 0 heterocycles. The lowest BCUT2D eigenvalue weighted by molar-refractivity contribution is -0.143. The fourth-order valence-electron chi connectivity index (χ4n) is 0.797. The zero-order chi connectivity index (χ0) is 12.4. The Morgan fingerprint density at radius 1 is 1.00 bits per heavy atom. The minimum atomic E-state index is -2.62. The lowest BCUT2D eigenvalue weighted by Crippen LogP contribution is -2.32. The fourth-order valence-corrected chi connectivity index (χ4v) is 2.10. The summed E-state index contributed by atoms with van der Waals surface area (Å²) in [6.07, 6.45) is 2.34. The van der Waals surface area contributed by atoms with Crippen LogP contribution in [-0.2, 0) is 21.0 Å². The Morgan fingerprint density at radius 3 is 1.88 bits per heavy atom. The van der Waals surface area contributed by atoms with E-state index in [0.717, 1.165) is 12.8 Å². The average molecular weight is 246 g/mol. The first kappa shape index (κ1) is 15.4. The minimum absolute atomic E-state index is 0.254. The predicted octanol–water partition coefficient (Wildman–Crippen LogP) is 1.69. The maximum absolute atomic E-state index is 11.1. The first-order valence-corrected chi connectivity index (χ1v) is 7.05. The van der Waals surface area contributed by atoms with Gasteiger partial charge in [-0.25, -0.2) is 0 Å². The van der Waals surface area contributed by atoms with Gasteiger partial charge in [0.25, 0.3) is 11.9 Å². The van der Waals surface area contributed by atoms with Gasteiger partial charge in [0.2, 0.25) is 0 Å². The largest absolute Gasteiger partial charge is 1.10 e. The van der Waals surface area contributed by atoms with Gasteiger partial charge in [-0.15, -0.1) is 0 Å². The Morgan fingerprint density at radius 2 is 1.50 bits per heavy atom. The minimum Gasteiger partial charge on any atom is -0.562 e. The van der Waals surface area contributed by atoms with Crippen molar-refractivity contribution in [2.24, 2.45) is 0 Å². The van der Waals surface area contributed by atoms with Crippen molar-refractivity contribution in [3.05, 3.63) is 0 Å². The summed E-state index contributed by atoms with van der Waals surface area (Å²) in [5, 5.41) is 0. The SMILES string of the molecule is CCCC[O][Al]([O]C(=O)CC)[O]C(=O)CC. The molecule has 0 rings (SSSR count). The van der Waals surface area contributed by atoms with Gasteiger partial charge in [-0.05, 0) is 6.42 Å². The molecular weight excluding hydrogens is 227 g/mol. The van der Waals surface area contributed by atoms with Crippen LogP contribution in [0.25, 0.3) is 0 Å². The molecule has 0 amide bonds. The van der Waals surface area contributed by atoms with Gasteiger partial charge in [0.1, 0.15) is 0 Å². The highest BCUT2D eigenvalue weighted by Crippen LogP contribution is 2.00. The molecule has 0 saturated heterocycles. The average Bonchev–Trinajstić information content (AvgIpc) is 2.28. The van der Waals surface area contributed by atoms with Crippen LogP contribution in [0.2, 0.25) is 0 Å². The zero-order valence-electron chi connectivity index (χ0n) is 10.2. The van der Waals surface area contributed by atoms with E-state index in [0.29, 0.717) is 6.61 Å². The smallest absolute Gasteiger partial charge is 0.562 e. The van der Waals surface area contributed by atoms with E-state index in [2.05, 4.69) is 0 Å². The molecule has 0 radical (unpaired) electrons. The van der Waals surface area contributed by atoms with Crippen LogP contribution in [-0.4, -0.2) is 33.7 Å². The molecular formula is C10H19AlO5. The van der Waals surface area contributed by atoms with Gasteiger partial charge < -0.3 is 11.4 Å². The molecule has 0 N–H and O–H groups in total. The van der Waals surface area contributed by atoms with Gasteiger partial charge in [-0.2, -0.15) is 0 Å². The maximum atomic E-state index is 11.1. The second kappa shape index (κ2) is 9.64. The van der Waals surface area contributed by atoms with Crippen LogP contribution in [0.5, 0.6) is 0 Å². The molecule has 16 heavy (non-hydrogen) atoms. The molecule has 0 aliphatic heterocycles. The van der Waals surface area contributed by atoms with E-state index in [-0.39, 0.29) is 12.8 Å². The molecule has 0 bridgehead atoms. The summed E-state index contributed by atoms with van der Waals surface area (Å²) in [6.45, 7) is 5.85. The van der Waals surface area contributed by atoms with Gasteiger partial charge in [0.05, 0.1) is 0 Å². The Bertz CT molecular complexity index is 201. The molecule has 0 aromatic carbocycles. The third-order valence-corrected chi connectivity index (χ3v) is 3.20. The Balaban J connectivity index is 4.04. The summed E-state index contributed by atoms with van der Waals surface area (Å²) in [7, 11) is 0. The topological polar surface area (TPSA) is 61.8 Å². The molecule has 0 aromatic rings. The Hall–Kier alpha value is -0.568. The molecule has 0 saturated carbocycles. The molecule has 5 nitrogen and oxygen atoms in total. The second-order valence-corrected chi connectivity index (χ2v) is 4.58. The molecule has 0 unspecified atom stereocenters. The van der Waals surface area contributed by atoms with Crippen molar-refractivity contribution in [2.75, 3.05) is 6.61 Å². The molecule has 0 atom stereocenters. The van der Waals surface area contributed by atoms with Crippen LogP contribution in [0.15, 0.2) is 0 Å². The lowest BCUT2D eigenvalue weighted by Gasteiger charge is -2.12. The van der Waals surface area contributed by atoms with Crippen molar-refractivity contribution >= 4 is 27.1 Å². The third-order valence-electron chi connectivity index (χ3n) is 1.78.